The van der Waals surface area contributed by atoms with E-state index in [2.05, 4.69) is 16.3 Å². The highest BCUT2D eigenvalue weighted by Crippen LogP contribution is 2.31. The van der Waals surface area contributed by atoms with E-state index in [-0.39, 0.29) is 11.9 Å². The summed E-state index contributed by atoms with van der Waals surface area (Å²) in [5.41, 5.74) is 1.47. The highest BCUT2D eigenvalue weighted by atomic mass is 19.4. The van der Waals surface area contributed by atoms with Gasteiger partial charge in [0.15, 0.2) is 5.69 Å². The number of carbonyl (C=O) groups excluding carboxylic acids is 1. The van der Waals surface area contributed by atoms with Gasteiger partial charge in [0.25, 0.3) is 5.91 Å². The zero-order valence-electron chi connectivity index (χ0n) is 16.4. The Morgan fingerprint density at radius 3 is 2.43 bits per heavy atom. The Kier molecular flexibility index (Phi) is 6.61. The molecular formula is C19H23F3N4O4. The summed E-state index contributed by atoms with van der Waals surface area (Å²) in [5, 5.41) is 7.12. The number of amides is 1. The number of nitrogens with zero attached hydrogens (tertiary/aromatic N) is 4. The lowest BCUT2D eigenvalue weighted by Gasteiger charge is -2.26. The smallest absolute Gasteiger partial charge is 0.475 e. The summed E-state index contributed by atoms with van der Waals surface area (Å²) in [7, 11) is 2.13. The zero-order chi connectivity index (χ0) is 21.9. The first-order chi connectivity index (χ1) is 14.2. The Hall–Kier alpha value is -2.66. The standard InChI is InChI=1S/C17H22N4O2.C2HF3O2/c1-19-7-4-6-14(19)16-18-15(13-5-2-3-8-21(13)16)17(22)20-9-11-23-12-10-20;3-2(4,5)1(6)7/h2-3,5,8,14H,4,6-7,9-12H2,1H3;(H,6,7). The van der Waals surface area contributed by atoms with Crippen molar-refractivity contribution in [2.75, 3.05) is 39.9 Å². The maximum Gasteiger partial charge on any atom is 0.490 e. The number of alkyl halides is 3. The number of aliphatic carboxylic acids is 1. The summed E-state index contributed by atoms with van der Waals surface area (Å²) in [5.74, 6) is -1.76. The van der Waals surface area contributed by atoms with Crippen LogP contribution in [0.3, 0.4) is 0 Å². The minimum absolute atomic E-state index is 0.0175. The lowest BCUT2D eigenvalue weighted by molar-refractivity contribution is -0.192. The van der Waals surface area contributed by atoms with E-state index in [0.29, 0.717) is 32.0 Å². The Labute approximate surface area is 170 Å². The Balaban J connectivity index is 0.000000318. The second-order valence-electron chi connectivity index (χ2n) is 7.12. The summed E-state index contributed by atoms with van der Waals surface area (Å²) in [6.45, 7) is 3.58. The first-order valence-corrected chi connectivity index (χ1v) is 9.54. The summed E-state index contributed by atoms with van der Waals surface area (Å²) >= 11 is 0. The molecule has 164 valence electrons. The van der Waals surface area contributed by atoms with Crippen LogP contribution in [0.25, 0.3) is 5.52 Å². The number of rotatable bonds is 2. The van der Waals surface area contributed by atoms with Crippen LogP contribution < -0.4 is 0 Å². The fraction of sp³-hybridized carbons (Fsp3) is 0.526. The Bertz CT molecular complexity index is 909. The average Bonchev–Trinajstić information content (AvgIpc) is 3.31. The van der Waals surface area contributed by atoms with Crippen molar-refractivity contribution in [3.63, 3.8) is 0 Å². The number of halogens is 3. The van der Waals surface area contributed by atoms with Gasteiger partial charge in [0.2, 0.25) is 0 Å². The van der Waals surface area contributed by atoms with Crippen molar-refractivity contribution in [3.8, 4) is 0 Å². The van der Waals surface area contributed by atoms with Gasteiger partial charge in [-0.3, -0.25) is 9.69 Å². The van der Waals surface area contributed by atoms with Crippen LogP contribution in [0.1, 0.15) is 35.2 Å². The fourth-order valence-electron chi connectivity index (χ4n) is 3.61. The first kappa shape index (κ1) is 22.0. The molecule has 0 aliphatic carbocycles. The van der Waals surface area contributed by atoms with Gasteiger partial charge in [0, 0.05) is 19.3 Å². The number of hydrogen-bond acceptors (Lipinski definition) is 5. The second-order valence-corrected chi connectivity index (χ2v) is 7.12. The van der Waals surface area contributed by atoms with Crippen molar-refractivity contribution >= 4 is 17.4 Å². The highest BCUT2D eigenvalue weighted by Gasteiger charge is 2.38. The van der Waals surface area contributed by atoms with E-state index >= 15 is 0 Å². The van der Waals surface area contributed by atoms with Crippen LogP contribution in [-0.2, 0) is 9.53 Å². The fourth-order valence-corrected chi connectivity index (χ4v) is 3.61. The minimum atomic E-state index is -5.08. The molecule has 1 amide bonds. The second kappa shape index (κ2) is 9.00. The van der Waals surface area contributed by atoms with Crippen molar-refractivity contribution in [1.29, 1.82) is 0 Å². The number of hydrogen-bond donors (Lipinski definition) is 1. The molecule has 1 atom stereocenters. The third-order valence-electron chi connectivity index (χ3n) is 5.14. The highest BCUT2D eigenvalue weighted by molar-refractivity contribution is 5.99. The molecular weight excluding hydrogens is 405 g/mol. The van der Waals surface area contributed by atoms with E-state index in [0.717, 1.165) is 24.3 Å². The van der Waals surface area contributed by atoms with Crippen molar-refractivity contribution in [3.05, 3.63) is 35.9 Å². The number of likely N-dealkylation sites (tertiary alicyclic amines) is 1. The van der Waals surface area contributed by atoms with E-state index in [1.54, 1.807) is 0 Å². The molecule has 4 rings (SSSR count). The van der Waals surface area contributed by atoms with Crippen LogP contribution >= 0.6 is 0 Å². The number of ether oxygens (including phenoxy) is 1. The summed E-state index contributed by atoms with van der Waals surface area (Å²) in [6.07, 6.45) is -0.800. The van der Waals surface area contributed by atoms with Crippen molar-refractivity contribution < 1.29 is 32.6 Å². The van der Waals surface area contributed by atoms with E-state index < -0.39 is 12.1 Å². The first-order valence-electron chi connectivity index (χ1n) is 9.54. The largest absolute Gasteiger partial charge is 0.490 e. The topological polar surface area (TPSA) is 87.4 Å². The van der Waals surface area contributed by atoms with Crippen LogP contribution in [0, 0.1) is 0 Å². The molecule has 11 heteroatoms. The number of pyridine rings is 1. The SMILES string of the molecule is CN1CCCC1c1nc(C(=O)N2CCOCC2)c2ccccn12.O=C(O)C(F)(F)F. The van der Waals surface area contributed by atoms with Gasteiger partial charge in [-0.1, -0.05) is 6.07 Å². The Morgan fingerprint density at radius 1 is 1.20 bits per heavy atom. The van der Waals surface area contributed by atoms with Crippen LogP contribution in [0.4, 0.5) is 13.2 Å². The number of carbonyl (C=O) groups is 2. The summed E-state index contributed by atoms with van der Waals surface area (Å²) < 4.78 is 39.2. The normalized spacial score (nSPS) is 20.1. The molecule has 2 aromatic heterocycles. The minimum Gasteiger partial charge on any atom is -0.475 e. The molecule has 2 aliphatic rings. The molecule has 2 aromatic rings. The molecule has 30 heavy (non-hydrogen) atoms. The van der Waals surface area contributed by atoms with E-state index in [4.69, 9.17) is 19.6 Å². The molecule has 2 saturated heterocycles. The summed E-state index contributed by atoms with van der Waals surface area (Å²) in [4.78, 5) is 30.8. The third kappa shape index (κ3) is 4.73. The number of carboxylic acids is 1. The lowest BCUT2D eigenvalue weighted by atomic mass is 10.2. The number of fused-ring (bicyclic) bond motifs is 1. The van der Waals surface area contributed by atoms with Crippen molar-refractivity contribution in [2.45, 2.75) is 25.1 Å². The number of morpholine rings is 1. The van der Waals surface area contributed by atoms with Gasteiger partial charge < -0.3 is 19.1 Å². The lowest BCUT2D eigenvalue weighted by Crippen LogP contribution is -2.40. The molecule has 1 N–H and O–H groups in total. The van der Waals surface area contributed by atoms with E-state index in [1.165, 1.54) is 6.42 Å². The maximum atomic E-state index is 12.9. The molecule has 0 spiro atoms. The van der Waals surface area contributed by atoms with Crippen molar-refractivity contribution in [1.82, 2.24) is 19.2 Å². The van der Waals surface area contributed by atoms with E-state index in [1.807, 2.05) is 29.3 Å². The molecule has 4 heterocycles. The molecule has 2 aliphatic heterocycles. The molecule has 0 radical (unpaired) electrons. The van der Waals surface area contributed by atoms with Gasteiger partial charge in [-0.05, 0) is 38.6 Å². The zero-order valence-corrected chi connectivity index (χ0v) is 16.4. The van der Waals surface area contributed by atoms with Crippen LogP contribution in [0.2, 0.25) is 0 Å². The number of imidazole rings is 1. The van der Waals surface area contributed by atoms with E-state index in [9.17, 15) is 18.0 Å². The maximum absolute atomic E-state index is 12.9. The number of carboxylic acid groups (broad SMARTS) is 1. The van der Waals surface area contributed by atoms with Gasteiger partial charge in [-0.2, -0.15) is 13.2 Å². The van der Waals surface area contributed by atoms with Gasteiger partial charge >= 0.3 is 12.1 Å². The number of aromatic nitrogens is 2. The predicted molar refractivity (Wildman–Crippen MR) is 100 cm³/mol. The monoisotopic (exact) mass is 428 g/mol. The van der Waals surface area contributed by atoms with Gasteiger partial charge in [-0.25, -0.2) is 9.78 Å². The Morgan fingerprint density at radius 2 is 1.87 bits per heavy atom. The van der Waals surface area contributed by atoms with Gasteiger partial charge in [0.1, 0.15) is 5.82 Å². The van der Waals surface area contributed by atoms with Crippen LogP contribution in [-0.4, -0.2) is 82.2 Å². The van der Waals surface area contributed by atoms with Gasteiger partial charge in [0.05, 0.1) is 24.8 Å². The van der Waals surface area contributed by atoms with Crippen molar-refractivity contribution in [2.24, 2.45) is 0 Å². The molecule has 0 aromatic carbocycles. The molecule has 0 bridgehead atoms. The molecule has 1 unspecified atom stereocenters. The quantitative estimate of drug-likeness (QED) is 0.789. The van der Waals surface area contributed by atoms with Gasteiger partial charge in [-0.15, -0.1) is 0 Å². The molecule has 8 nitrogen and oxygen atoms in total. The molecule has 2 fully saturated rings. The third-order valence-corrected chi connectivity index (χ3v) is 5.14. The predicted octanol–water partition coefficient (Wildman–Crippen LogP) is 2.21. The summed E-state index contributed by atoms with van der Waals surface area (Å²) in [6, 6.07) is 6.24. The molecule has 0 saturated carbocycles. The average molecular weight is 428 g/mol. The van der Waals surface area contributed by atoms with Crippen LogP contribution in [0.5, 0.6) is 0 Å². The van der Waals surface area contributed by atoms with Crippen LogP contribution in [0.15, 0.2) is 24.4 Å².